The number of pyridine rings is 2. The van der Waals surface area contributed by atoms with Crippen LogP contribution in [0.15, 0.2) is 24.5 Å². The van der Waals surface area contributed by atoms with Gasteiger partial charge >= 0.3 is 18.4 Å². The molecule has 2 fully saturated rings. The first-order chi connectivity index (χ1) is 25.5. The van der Waals surface area contributed by atoms with E-state index in [9.17, 15) is 30.7 Å². The Morgan fingerprint density at radius 1 is 1.11 bits per heavy atom. The SMILES string of the molecule is Cc1cc2[nH]ncc2c(-c2nc3c4c(nc(OC[C@@]56CCCN5CC(F)C6)nc4c2F)N(C(C)c2cc(C(F)(F)F)cnc2N)[C@@H](C)CO3)c1C(F)(F)F. The largest absolute Gasteiger partial charge is 0.475 e. The highest BCUT2D eigenvalue weighted by atomic mass is 19.4. The van der Waals surface area contributed by atoms with E-state index in [0.29, 0.717) is 19.2 Å². The third-order valence-electron chi connectivity index (χ3n) is 10.7. The van der Waals surface area contributed by atoms with Gasteiger partial charge in [0.1, 0.15) is 47.6 Å². The van der Waals surface area contributed by atoms with Gasteiger partial charge in [0, 0.05) is 35.7 Å². The molecule has 2 saturated heterocycles. The Bertz CT molecular complexity index is 2300. The van der Waals surface area contributed by atoms with Gasteiger partial charge in [-0.2, -0.15) is 41.4 Å². The number of nitrogen functional groups attached to an aromatic ring is 1. The van der Waals surface area contributed by atoms with Crippen LogP contribution < -0.4 is 20.1 Å². The van der Waals surface area contributed by atoms with Crippen molar-refractivity contribution in [2.75, 3.05) is 36.9 Å². The van der Waals surface area contributed by atoms with Gasteiger partial charge in [0.25, 0.3) is 0 Å². The van der Waals surface area contributed by atoms with Gasteiger partial charge in [0.05, 0.1) is 40.5 Å². The lowest BCUT2D eigenvalue weighted by atomic mass is 9.94. The second-order valence-corrected chi connectivity index (χ2v) is 14.2. The molecule has 7 heterocycles. The van der Waals surface area contributed by atoms with E-state index < -0.39 is 75.9 Å². The molecule has 3 aliphatic heterocycles. The zero-order valence-electron chi connectivity index (χ0n) is 29.0. The minimum Gasteiger partial charge on any atom is -0.475 e. The summed E-state index contributed by atoms with van der Waals surface area (Å²) in [5.74, 6) is -1.87. The summed E-state index contributed by atoms with van der Waals surface area (Å²) in [5.41, 5.74) is 1.34. The van der Waals surface area contributed by atoms with Crippen molar-refractivity contribution < 1.29 is 44.6 Å². The first-order valence-electron chi connectivity index (χ1n) is 17.2. The van der Waals surface area contributed by atoms with Crippen molar-refractivity contribution >= 4 is 33.4 Å². The summed E-state index contributed by atoms with van der Waals surface area (Å²) in [7, 11) is 0. The fraction of sp³-hybridized carbons (Fsp3) is 0.457. The molecule has 0 bridgehead atoms. The number of anilines is 2. The van der Waals surface area contributed by atoms with Crippen LogP contribution in [0.3, 0.4) is 0 Å². The Balaban J connectivity index is 1.36. The number of rotatable bonds is 6. The minimum atomic E-state index is -4.95. The molecule has 4 aromatic heterocycles. The Morgan fingerprint density at radius 3 is 2.63 bits per heavy atom. The van der Waals surface area contributed by atoms with Gasteiger partial charge in [-0.25, -0.2) is 18.7 Å². The lowest BCUT2D eigenvalue weighted by molar-refractivity contribution is -0.138. The van der Waals surface area contributed by atoms with Crippen LogP contribution in [0, 0.1) is 12.7 Å². The Kier molecular flexibility index (Phi) is 8.31. The first-order valence-corrected chi connectivity index (χ1v) is 17.2. The summed E-state index contributed by atoms with van der Waals surface area (Å²) in [6.07, 6.45) is -7.46. The van der Waals surface area contributed by atoms with E-state index in [1.165, 1.54) is 17.9 Å². The topological polar surface area (TPSA) is 131 Å². The fourth-order valence-corrected chi connectivity index (χ4v) is 8.30. The summed E-state index contributed by atoms with van der Waals surface area (Å²) in [6.45, 7) is 5.01. The van der Waals surface area contributed by atoms with E-state index in [2.05, 4.69) is 30.1 Å². The maximum atomic E-state index is 17.2. The fourth-order valence-electron chi connectivity index (χ4n) is 8.30. The van der Waals surface area contributed by atoms with E-state index in [1.807, 2.05) is 4.90 Å². The molecule has 19 heteroatoms. The number of benzene rings is 1. The number of nitrogens with one attached hydrogen (secondary N) is 1. The van der Waals surface area contributed by atoms with Crippen LogP contribution in [0.1, 0.15) is 61.4 Å². The highest BCUT2D eigenvalue weighted by Crippen LogP contribution is 2.48. The Labute approximate surface area is 301 Å². The molecule has 4 atom stereocenters. The maximum Gasteiger partial charge on any atom is 0.417 e. The molecule has 54 heavy (non-hydrogen) atoms. The summed E-state index contributed by atoms with van der Waals surface area (Å²) < 4.78 is 130. The lowest BCUT2D eigenvalue weighted by Gasteiger charge is -2.35. The molecular formula is C35H33F8N9O2. The number of nitrogens with zero attached hydrogens (tertiary/aromatic N) is 7. The third kappa shape index (κ3) is 5.78. The number of fused-ring (bicyclic) bond motifs is 2. The third-order valence-corrected chi connectivity index (χ3v) is 10.7. The molecule has 1 aromatic carbocycles. The van der Waals surface area contributed by atoms with Crippen LogP contribution in [0.25, 0.3) is 33.1 Å². The Hall–Kier alpha value is -5.07. The molecular weight excluding hydrogens is 730 g/mol. The van der Waals surface area contributed by atoms with Crippen LogP contribution in [-0.2, 0) is 12.4 Å². The van der Waals surface area contributed by atoms with E-state index in [1.54, 1.807) is 13.8 Å². The van der Waals surface area contributed by atoms with Crippen molar-refractivity contribution in [1.82, 2.24) is 35.0 Å². The van der Waals surface area contributed by atoms with Crippen LogP contribution >= 0.6 is 0 Å². The number of H-pyrrole nitrogens is 1. The maximum absolute atomic E-state index is 17.2. The molecule has 286 valence electrons. The first kappa shape index (κ1) is 35.9. The summed E-state index contributed by atoms with van der Waals surface area (Å²) in [4.78, 5) is 20.6. The van der Waals surface area contributed by atoms with Gasteiger partial charge in [0.2, 0.25) is 5.88 Å². The molecule has 3 aliphatic rings. The molecule has 8 rings (SSSR count). The number of aromatic nitrogens is 6. The van der Waals surface area contributed by atoms with Crippen LogP contribution in [0.4, 0.5) is 46.8 Å². The van der Waals surface area contributed by atoms with Crippen molar-refractivity contribution in [3.63, 3.8) is 0 Å². The highest BCUT2D eigenvalue weighted by Gasteiger charge is 2.50. The number of aromatic amines is 1. The second-order valence-electron chi connectivity index (χ2n) is 14.2. The predicted molar refractivity (Wildman–Crippen MR) is 180 cm³/mol. The molecule has 11 nitrogen and oxygen atoms in total. The zero-order valence-corrected chi connectivity index (χ0v) is 29.0. The minimum absolute atomic E-state index is 0.0308. The number of aryl methyl sites for hydroxylation is 1. The van der Waals surface area contributed by atoms with E-state index in [0.717, 1.165) is 18.7 Å². The van der Waals surface area contributed by atoms with Crippen LogP contribution in [0.5, 0.6) is 11.9 Å². The number of alkyl halides is 7. The Morgan fingerprint density at radius 2 is 1.89 bits per heavy atom. The summed E-state index contributed by atoms with van der Waals surface area (Å²) >= 11 is 0. The van der Waals surface area contributed by atoms with Crippen molar-refractivity contribution in [2.45, 2.75) is 76.2 Å². The highest BCUT2D eigenvalue weighted by molar-refractivity contribution is 6.02. The zero-order chi connectivity index (χ0) is 38.5. The second kappa shape index (κ2) is 12.5. The quantitative estimate of drug-likeness (QED) is 0.170. The molecule has 3 N–H and O–H groups in total. The molecule has 0 saturated carbocycles. The van der Waals surface area contributed by atoms with Crippen molar-refractivity contribution in [3.05, 3.63) is 52.6 Å². The van der Waals surface area contributed by atoms with Gasteiger partial charge in [-0.1, -0.05) is 0 Å². The number of halogens is 8. The number of nitrogens with two attached hydrogens (primary N) is 1. The van der Waals surface area contributed by atoms with Gasteiger partial charge in [-0.15, -0.1) is 0 Å². The van der Waals surface area contributed by atoms with Crippen molar-refractivity contribution in [2.24, 2.45) is 0 Å². The standard InChI is InChI=1S/C35H33F8N9O2/c1-15-7-22-21(11-46-50-22)23(25(15)35(41,42)43)27-26(37)28-24-30(49-32(48-28)54-14-33-5-4-6-51(33)12-19(36)9-33)52(16(2)13-53-31(24)47-27)17(3)20-8-18(34(38,39)40)10-45-29(20)44/h7-8,10-11,16-17,19H,4-6,9,12-14H2,1-3H3,(H2,44,45)(H,46,50)/t16-,17?,19?,33-/m0/s1. The molecule has 5 aromatic rings. The van der Waals surface area contributed by atoms with E-state index in [4.69, 9.17) is 15.2 Å². The smallest absolute Gasteiger partial charge is 0.417 e. The molecule has 0 amide bonds. The van der Waals surface area contributed by atoms with Crippen LogP contribution in [-0.4, -0.2) is 79.1 Å². The van der Waals surface area contributed by atoms with Crippen molar-refractivity contribution in [3.8, 4) is 23.1 Å². The normalized spacial score (nSPS) is 22.5. The van der Waals surface area contributed by atoms with Gasteiger partial charge in [-0.05, 0) is 57.9 Å². The van der Waals surface area contributed by atoms with Crippen LogP contribution in [0.2, 0.25) is 0 Å². The van der Waals surface area contributed by atoms with E-state index >= 15 is 4.39 Å². The van der Waals surface area contributed by atoms with Gasteiger partial charge < -0.3 is 20.1 Å². The number of ether oxygens (including phenoxy) is 2. The van der Waals surface area contributed by atoms with Gasteiger partial charge in [0.15, 0.2) is 5.82 Å². The summed E-state index contributed by atoms with van der Waals surface area (Å²) in [6, 6.07) is -0.0199. The average Bonchev–Trinajstić information content (AvgIpc) is 3.77. The molecule has 0 spiro atoms. The lowest BCUT2D eigenvalue weighted by Crippen LogP contribution is -2.43. The molecule has 0 aliphatic carbocycles. The number of hydrogen-bond acceptors (Lipinski definition) is 10. The summed E-state index contributed by atoms with van der Waals surface area (Å²) in [5, 5.41) is 6.29. The monoisotopic (exact) mass is 763 g/mol. The average molecular weight is 764 g/mol. The van der Waals surface area contributed by atoms with Gasteiger partial charge in [-0.3, -0.25) is 10.00 Å². The van der Waals surface area contributed by atoms with Crippen molar-refractivity contribution in [1.29, 1.82) is 0 Å². The number of hydrogen-bond donors (Lipinski definition) is 2. The molecule has 2 unspecified atom stereocenters. The molecule has 0 radical (unpaired) electrons. The van der Waals surface area contributed by atoms with E-state index in [-0.39, 0.29) is 71.1 Å². The predicted octanol–water partition coefficient (Wildman–Crippen LogP) is 7.33.